The molecule has 1 aromatic heterocycles. The molecule has 0 atom stereocenters. The van der Waals surface area contributed by atoms with Crippen molar-refractivity contribution >= 4 is 23.6 Å². The monoisotopic (exact) mass is 321 g/mol. The molecular weight excluding hydrogens is 302 g/mol. The SMILES string of the molecule is CC(=O)N1CC(Nc2cc(C(=O)O)nc(N3CCOCC3)n2)C1. The van der Waals surface area contributed by atoms with Crippen LogP contribution in [0.25, 0.3) is 0 Å². The molecule has 2 saturated heterocycles. The number of aromatic nitrogens is 2. The lowest BCUT2D eigenvalue weighted by atomic mass is 10.1. The molecule has 1 aromatic rings. The molecule has 2 fully saturated rings. The summed E-state index contributed by atoms with van der Waals surface area (Å²) in [5.74, 6) is -0.208. The van der Waals surface area contributed by atoms with Gasteiger partial charge in [0.15, 0.2) is 5.69 Å². The summed E-state index contributed by atoms with van der Waals surface area (Å²) in [6, 6.07) is 1.50. The summed E-state index contributed by atoms with van der Waals surface area (Å²) in [5, 5.41) is 12.4. The van der Waals surface area contributed by atoms with E-state index in [4.69, 9.17) is 4.74 Å². The van der Waals surface area contributed by atoms with E-state index in [1.807, 2.05) is 4.90 Å². The maximum absolute atomic E-state index is 11.3. The second kappa shape index (κ2) is 6.37. The van der Waals surface area contributed by atoms with Crippen molar-refractivity contribution in [2.24, 2.45) is 0 Å². The maximum Gasteiger partial charge on any atom is 0.354 e. The van der Waals surface area contributed by atoms with Crippen LogP contribution in [0.1, 0.15) is 17.4 Å². The van der Waals surface area contributed by atoms with Crippen LogP contribution in [0.2, 0.25) is 0 Å². The lowest BCUT2D eigenvalue weighted by molar-refractivity contribution is -0.132. The minimum atomic E-state index is -1.09. The molecular formula is C14H19N5O4. The Bertz CT molecular complexity index is 611. The van der Waals surface area contributed by atoms with E-state index in [2.05, 4.69) is 15.3 Å². The van der Waals surface area contributed by atoms with E-state index in [-0.39, 0.29) is 17.6 Å². The molecule has 0 bridgehead atoms. The number of ether oxygens (including phenoxy) is 1. The maximum atomic E-state index is 11.3. The van der Waals surface area contributed by atoms with Gasteiger partial charge in [-0.3, -0.25) is 4.79 Å². The number of carbonyl (C=O) groups excluding carboxylic acids is 1. The highest BCUT2D eigenvalue weighted by Crippen LogP contribution is 2.19. The molecule has 23 heavy (non-hydrogen) atoms. The van der Waals surface area contributed by atoms with Crippen molar-refractivity contribution in [3.63, 3.8) is 0 Å². The Morgan fingerprint density at radius 3 is 2.61 bits per heavy atom. The molecule has 0 saturated carbocycles. The number of carboxylic acids is 1. The van der Waals surface area contributed by atoms with Gasteiger partial charge in [0.2, 0.25) is 11.9 Å². The van der Waals surface area contributed by atoms with Crippen LogP contribution in [0.4, 0.5) is 11.8 Å². The Morgan fingerprint density at radius 1 is 1.30 bits per heavy atom. The number of morpholine rings is 1. The zero-order chi connectivity index (χ0) is 16.4. The fraction of sp³-hybridized carbons (Fsp3) is 0.571. The highest BCUT2D eigenvalue weighted by atomic mass is 16.5. The predicted molar refractivity (Wildman–Crippen MR) is 81.7 cm³/mol. The van der Waals surface area contributed by atoms with E-state index in [0.29, 0.717) is 51.2 Å². The number of hydrogen-bond donors (Lipinski definition) is 2. The van der Waals surface area contributed by atoms with E-state index in [9.17, 15) is 14.7 Å². The number of carboxylic acid groups (broad SMARTS) is 1. The van der Waals surface area contributed by atoms with Gasteiger partial charge in [-0.1, -0.05) is 0 Å². The second-order valence-corrected chi connectivity index (χ2v) is 5.61. The van der Waals surface area contributed by atoms with Crippen LogP contribution in [0.5, 0.6) is 0 Å². The molecule has 0 aromatic carbocycles. The molecule has 3 heterocycles. The topological polar surface area (TPSA) is 108 Å². The molecule has 0 aliphatic carbocycles. The quantitative estimate of drug-likeness (QED) is 0.775. The second-order valence-electron chi connectivity index (χ2n) is 5.61. The van der Waals surface area contributed by atoms with Gasteiger partial charge in [0, 0.05) is 39.2 Å². The third kappa shape index (κ3) is 3.50. The van der Waals surface area contributed by atoms with Crippen LogP contribution >= 0.6 is 0 Å². The van der Waals surface area contributed by atoms with Gasteiger partial charge in [-0.2, -0.15) is 4.98 Å². The minimum Gasteiger partial charge on any atom is -0.477 e. The molecule has 9 nitrogen and oxygen atoms in total. The Kier molecular flexibility index (Phi) is 4.28. The predicted octanol–water partition coefficient (Wildman–Crippen LogP) is -0.346. The number of rotatable bonds is 4. The van der Waals surface area contributed by atoms with E-state index in [1.165, 1.54) is 13.0 Å². The van der Waals surface area contributed by atoms with Gasteiger partial charge in [-0.15, -0.1) is 0 Å². The summed E-state index contributed by atoms with van der Waals surface area (Å²) >= 11 is 0. The zero-order valence-electron chi connectivity index (χ0n) is 12.9. The van der Waals surface area contributed by atoms with Gasteiger partial charge in [0.25, 0.3) is 0 Å². The molecule has 9 heteroatoms. The van der Waals surface area contributed by atoms with Crippen LogP contribution in [0, 0.1) is 0 Å². The van der Waals surface area contributed by atoms with Crippen LogP contribution in [0.15, 0.2) is 6.07 Å². The summed E-state index contributed by atoms with van der Waals surface area (Å²) in [6.07, 6.45) is 0. The third-order valence-electron chi connectivity index (χ3n) is 3.91. The Labute approximate surface area is 133 Å². The minimum absolute atomic E-state index is 0.0333. The van der Waals surface area contributed by atoms with Gasteiger partial charge >= 0.3 is 5.97 Å². The number of nitrogens with zero attached hydrogens (tertiary/aromatic N) is 4. The summed E-state index contributed by atoms with van der Waals surface area (Å²) in [5.41, 5.74) is -0.0493. The fourth-order valence-corrected chi connectivity index (χ4v) is 2.56. The highest BCUT2D eigenvalue weighted by molar-refractivity contribution is 5.86. The molecule has 124 valence electrons. The molecule has 2 aliphatic heterocycles. The van der Waals surface area contributed by atoms with Crippen LogP contribution < -0.4 is 10.2 Å². The molecule has 0 unspecified atom stereocenters. The standard InChI is InChI=1S/C14H19N5O4/c1-9(20)19-7-10(8-19)15-12-6-11(13(21)22)16-14(17-12)18-2-4-23-5-3-18/h6,10H,2-5,7-8H2,1H3,(H,21,22)(H,15,16,17). The molecule has 2 aliphatic rings. The van der Waals surface area contributed by atoms with Crippen molar-refractivity contribution in [1.82, 2.24) is 14.9 Å². The zero-order valence-corrected chi connectivity index (χ0v) is 12.9. The molecule has 0 spiro atoms. The number of nitrogens with one attached hydrogen (secondary N) is 1. The van der Waals surface area contributed by atoms with Crippen LogP contribution in [-0.2, 0) is 9.53 Å². The number of carbonyl (C=O) groups is 2. The molecule has 2 N–H and O–H groups in total. The number of hydrogen-bond acceptors (Lipinski definition) is 7. The van der Waals surface area contributed by atoms with E-state index < -0.39 is 5.97 Å². The average molecular weight is 321 g/mol. The number of anilines is 2. The van der Waals surface area contributed by atoms with Crippen molar-refractivity contribution in [3.05, 3.63) is 11.8 Å². The lowest BCUT2D eigenvalue weighted by Crippen LogP contribution is -2.56. The number of amides is 1. The van der Waals surface area contributed by atoms with Crippen LogP contribution in [0.3, 0.4) is 0 Å². The first kappa shape index (κ1) is 15.5. The van der Waals surface area contributed by atoms with Crippen LogP contribution in [-0.4, -0.2) is 77.3 Å². The lowest BCUT2D eigenvalue weighted by Gasteiger charge is -2.39. The van der Waals surface area contributed by atoms with Crippen molar-refractivity contribution < 1.29 is 19.4 Å². The number of likely N-dealkylation sites (tertiary alicyclic amines) is 1. The number of aromatic carboxylic acids is 1. The largest absolute Gasteiger partial charge is 0.477 e. The average Bonchev–Trinajstić information content (AvgIpc) is 2.50. The summed E-state index contributed by atoms with van der Waals surface area (Å²) < 4.78 is 5.29. The van der Waals surface area contributed by atoms with Gasteiger partial charge < -0.3 is 25.0 Å². The van der Waals surface area contributed by atoms with Gasteiger partial charge in [0.1, 0.15) is 5.82 Å². The molecule has 0 radical (unpaired) electrons. The Morgan fingerprint density at radius 2 is 2.00 bits per heavy atom. The summed E-state index contributed by atoms with van der Waals surface area (Å²) in [7, 11) is 0. The van der Waals surface area contributed by atoms with Crippen molar-refractivity contribution in [2.45, 2.75) is 13.0 Å². The van der Waals surface area contributed by atoms with Crippen molar-refractivity contribution in [1.29, 1.82) is 0 Å². The first-order valence-electron chi connectivity index (χ1n) is 7.50. The van der Waals surface area contributed by atoms with Crippen molar-refractivity contribution in [3.8, 4) is 0 Å². The van der Waals surface area contributed by atoms with Gasteiger partial charge in [-0.25, -0.2) is 9.78 Å². The Balaban J connectivity index is 1.75. The van der Waals surface area contributed by atoms with Gasteiger partial charge in [-0.05, 0) is 0 Å². The Hall–Kier alpha value is -2.42. The molecule has 1 amide bonds. The molecule has 3 rings (SSSR count). The highest BCUT2D eigenvalue weighted by Gasteiger charge is 2.29. The summed E-state index contributed by atoms with van der Waals surface area (Å²) in [4.78, 5) is 34.6. The normalized spacial score (nSPS) is 18.5. The van der Waals surface area contributed by atoms with E-state index >= 15 is 0 Å². The fourth-order valence-electron chi connectivity index (χ4n) is 2.56. The smallest absolute Gasteiger partial charge is 0.354 e. The summed E-state index contributed by atoms with van der Waals surface area (Å²) in [6.45, 7) is 5.11. The first-order chi connectivity index (χ1) is 11.0. The van der Waals surface area contributed by atoms with Gasteiger partial charge in [0.05, 0.1) is 19.3 Å². The van der Waals surface area contributed by atoms with E-state index in [0.717, 1.165) is 0 Å². The first-order valence-corrected chi connectivity index (χ1v) is 7.50. The van der Waals surface area contributed by atoms with E-state index in [1.54, 1.807) is 4.90 Å². The van der Waals surface area contributed by atoms with Crippen molar-refractivity contribution in [2.75, 3.05) is 49.6 Å². The third-order valence-corrected chi connectivity index (χ3v) is 3.91.